The molecule has 1 N–H and O–H groups in total. The van der Waals surface area contributed by atoms with Gasteiger partial charge in [0.1, 0.15) is 5.82 Å². The Hall–Kier alpha value is -1.95. The van der Waals surface area contributed by atoms with Gasteiger partial charge in [0, 0.05) is 32.1 Å². The molecule has 2 heterocycles. The Labute approximate surface area is 148 Å². The summed E-state index contributed by atoms with van der Waals surface area (Å²) in [5.41, 5.74) is 0.881. The van der Waals surface area contributed by atoms with E-state index in [2.05, 4.69) is 10.2 Å². The topological polar surface area (TPSA) is 52.7 Å². The van der Waals surface area contributed by atoms with Gasteiger partial charge in [0.05, 0.1) is 6.54 Å². The molecule has 0 unspecified atom stereocenters. The zero-order valence-corrected chi connectivity index (χ0v) is 14.7. The van der Waals surface area contributed by atoms with Gasteiger partial charge >= 0.3 is 0 Å². The van der Waals surface area contributed by atoms with Gasteiger partial charge in [-0.05, 0) is 49.9 Å². The van der Waals surface area contributed by atoms with Gasteiger partial charge in [-0.15, -0.1) is 0 Å². The molecule has 1 aromatic carbocycles. The van der Waals surface area contributed by atoms with Gasteiger partial charge in [-0.1, -0.05) is 12.1 Å². The Balaban J connectivity index is 1.53. The second kappa shape index (κ2) is 7.95. The number of carbonyl (C=O) groups is 2. The Bertz CT molecular complexity index is 620. The minimum atomic E-state index is -0.276. The Morgan fingerprint density at radius 2 is 1.80 bits per heavy atom. The highest BCUT2D eigenvalue weighted by Crippen LogP contribution is 2.29. The molecule has 2 aliphatic rings. The highest BCUT2D eigenvalue weighted by Gasteiger charge is 2.39. The van der Waals surface area contributed by atoms with Crippen LogP contribution in [0.5, 0.6) is 0 Å². The predicted octanol–water partition coefficient (Wildman–Crippen LogP) is 1.92. The summed E-state index contributed by atoms with van der Waals surface area (Å²) in [7, 11) is 0. The lowest BCUT2D eigenvalue weighted by Crippen LogP contribution is -2.50. The molecule has 2 aliphatic heterocycles. The van der Waals surface area contributed by atoms with Crippen molar-refractivity contribution in [1.29, 1.82) is 0 Å². The number of hydrogen-bond donors (Lipinski definition) is 1. The molecule has 0 saturated carbocycles. The van der Waals surface area contributed by atoms with Crippen LogP contribution in [0.3, 0.4) is 0 Å². The first-order chi connectivity index (χ1) is 12.0. The van der Waals surface area contributed by atoms with Crippen molar-refractivity contribution in [3.8, 4) is 0 Å². The van der Waals surface area contributed by atoms with Gasteiger partial charge in [-0.25, -0.2) is 4.39 Å². The van der Waals surface area contributed by atoms with E-state index in [0.717, 1.165) is 44.3 Å². The number of carbonyl (C=O) groups excluding carboxylic acids is 2. The normalized spacial score (nSPS) is 23.8. The molecule has 6 heteroatoms. The van der Waals surface area contributed by atoms with Gasteiger partial charge < -0.3 is 10.2 Å². The van der Waals surface area contributed by atoms with Crippen LogP contribution in [0.15, 0.2) is 24.3 Å². The largest absolute Gasteiger partial charge is 0.351 e. The van der Waals surface area contributed by atoms with E-state index in [0.29, 0.717) is 13.1 Å². The highest BCUT2D eigenvalue weighted by molar-refractivity contribution is 5.78. The summed E-state index contributed by atoms with van der Waals surface area (Å²) < 4.78 is 12.9. The van der Waals surface area contributed by atoms with Gasteiger partial charge in [-0.3, -0.25) is 14.5 Å². The maximum absolute atomic E-state index is 12.9. The Morgan fingerprint density at radius 1 is 1.12 bits per heavy atom. The number of hydrogen-bond acceptors (Lipinski definition) is 3. The van der Waals surface area contributed by atoms with Crippen molar-refractivity contribution in [2.24, 2.45) is 0 Å². The first kappa shape index (κ1) is 17.9. The third kappa shape index (κ3) is 4.37. The number of nitrogens with zero attached hydrogens (tertiary/aromatic N) is 2. The van der Waals surface area contributed by atoms with Crippen LogP contribution in [0.1, 0.15) is 38.2 Å². The summed E-state index contributed by atoms with van der Waals surface area (Å²) >= 11 is 0. The summed E-state index contributed by atoms with van der Waals surface area (Å²) in [5.74, 6) is -0.166. The summed E-state index contributed by atoms with van der Waals surface area (Å²) in [5, 5.41) is 2.91. The van der Waals surface area contributed by atoms with Gasteiger partial charge in [-0.2, -0.15) is 0 Å². The molecular weight excluding hydrogens is 321 g/mol. The molecule has 0 aliphatic carbocycles. The Kier molecular flexibility index (Phi) is 5.68. The van der Waals surface area contributed by atoms with E-state index < -0.39 is 0 Å². The fourth-order valence-corrected chi connectivity index (χ4v) is 4.11. The molecular formula is C19H26FN3O2. The fraction of sp³-hybridized carbons (Fsp3) is 0.579. The molecule has 2 fully saturated rings. The van der Waals surface area contributed by atoms with E-state index in [-0.39, 0.29) is 29.7 Å². The minimum Gasteiger partial charge on any atom is -0.351 e. The first-order valence-corrected chi connectivity index (χ1v) is 9.07. The third-order valence-electron chi connectivity index (χ3n) is 5.31. The minimum absolute atomic E-state index is 0.0244. The van der Waals surface area contributed by atoms with E-state index in [4.69, 9.17) is 0 Å². The Morgan fingerprint density at radius 3 is 2.52 bits per heavy atom. The predicted molar refractivity (Wildman–Crippen MR) is 93.3 cm³/mol. The molecule has 3 rings (SSSR count). The van der Waals surface area contributed by atoms with Crippen LogP contribution < -0.4 is 5.32 Å². The monoisotopic (exact) mass is 347 g/mol. The fourth-order valence-electron chi connectivity index (χ4n) is 4.11. The van der Waals surface area contributed by atoms with Gasteiger partial charge in [0.2, 0.25) is 11.8 Å². The van der Waals surface area contributed by atoms with E-state index >= 15 is 0 Å². The molecule has 2 atom stereocenters. The molecule has 2 saturated heterocycles. The molecule has 0 aromatic heterocycles. The van der Waals surface area contributed by atoms with Crippen LogP contribution in [0.4, 0.5) is 4.39 Å². The molecule has 5 nitrogen and oxygen atoms in total. The smallest absolute Gasteiger partial charge is 0.234 e. The number of rotatable bonds is 5. The summed E-state index contributed by atoms with van der Waals surface area (Å²) in [6.45, 7) is 4.12. The second-order valence-electron chi connectivity index (χ2n) is 7.01. The first-order valence-electron chi connectivity index (χ1n) is 9.07. The number of nitrogens with one attached hydrogen (secondary N) is 1. The van der Waals surface area contributed by atoms with Crippen molar-refractivity contribution in [2.45, 2.75) is 51.2 Å². The van der Waals surface area contributed by atoms with Crippen LogP contribution in [0.2, 0.25) is 0 Å². The van der Waals surface area contributed by atoms with E-state index in [1.54, 1.807) is 19.1 Å². The average molecular weight is 347 g/mol. The van der Waals surface area contributed by atoms with Crippen molar-refractivity contribution >= 4 is 11.8 Å². The van der Waals surface area contributed by atoms with E-state index in [9.17, 15) is 14.0 Å². The summed E-state index contributed by atoms with van der Waals surface area (Å²) in [6, 6.07) is 6.67. The van der Waals surface area contributed by atoms with Crippen LogP contribution in [0, 0.1) is 5.82 Å². The molecule has 25 heavy (non-hydrogen) atoms. The molecule has 136 valence electrons. The molecule has 0 bridgehead atoms. The molecule has 0 spiro atoms. The average Bonchev–Trinajstić information content (AvgIpc) is 3.22. The van der Waals surface area contributed by atoms with Crippen molar-refractivity contribution in [3.05, 3.63) is 35.6 Å². The van der Waals surface area contributed by atoms with Crippen molar-refractivity contribution in [3.63, 3.8) is 0 Å². The lowest BCUT2D eigenvalue weighted by molar-refractivity contribution is -0.130. The maximum Gasteiger partial charge on any atom is 0.234 e. The number of benzene rings is 1. The molecule has 0 radical (unpaired) electrons. The van der Waals surface area contributed by atoms with Crippen molar-refractivity contribution in [2.75, 3.05) is 19.6 Å². The number of amides is 2. The van der Waals surface area contributed by atoms with Crippen molar-refractivity contribution < 1.29 is 14.0 Å². The van der Waals surface area contributed by atoms with Crippen LogP contribution in [-0.2, 0) is 16.1 Å². The lowest BCUT2D eigenvalue weighted by atomic mass is 10.0. The standard InChI is InChI=1S/C19H26FN3O2/c1-14(24)23-11-3-5-18(23)17-4-2-10-22(17)13-19(25)21-12-15-6-8-16(20)9-7-15/h6-9,17-18H,2-5,10-13H2,1H3,(H,21,25)/t17-,18-/m0/s1. The third-order valence-corrected chi connectivity index (χ3v) is 5.31. The SMILES string of the molecule is CC(=O)N1CCC[C@H]1[C@@H]1CCCN1CC(=O)NCc1ccc(F)cc1. The summed E-state index contributed by atoms with van der Waals surface area (Å²) in [4.78, 5) is 28.3. The van der Waals surface area contributed by atoms with E-state index in [1.165, 1.54) is 12.1 Å². The van der Waals surface area contributed by atoms with Crippen LogP contribution in [-0.4, -0.2) is 53.3 Å². The zero-order chi connectivity index (χ0) is 17.8. The summed E-state index contributed by atoms with van der Waals surface area (Å²) in [6.07, 6.45) is 4.18. The highest BCUT2D eigenvalue weighted by atomic mass is 19.1. The quantitative estimate of drug-likeness (QED) is 0.885. The zero-order valence-electron chi connectivity index (χ0n) is 14.7. The van der Waals surface area contributed by atoms with Gasteiger partial charge in [0.15, 0.2) is 0 Å². The molecule has 1 aromatic rings. The van der Waals surface area contributed by atoms with Gasteiger partial charge in [0.25, 0.3) is 0 Å². The van der Waals surface area contributed by atoms with Crippen LogP contribution in [0.25, 0.3) is 0 Å². The van der Waals surface area contributed by atoms with Crippen LogP contribution >= 0.6 is 0 Å². The molecule has 2 amide bonds. The second-order valence-corrected chi connectivity index (χ2v) is 7.01. The number of halogens is 1. The number of likely N-dealkylation sites (tertiary alicyclic amines) is 2. The van der Waals surface area contributed by atoms with E-state index in [1.807, 2.05) is 4.90 Å². The lowest BCUT2D eigenvalue weighted by Gasteiger charge is -2.34. The van der Waals surface area contributed by atoms with Crippen molar-refractivity contribution in [1.82, 2.24) is 15.1 Å². The maximum atomic E-state index is 12.9.